The normalized spacial score (nSPS) is 14.1. The van der Waals surface area contributed by atoms with Gasteiger partial charge in [0, 0.05) is 18.4 Å². The predicted molar refractivity (Wildman–Crippen MR) is 54.5 cm³/mol. The molecule has 0 aliphatic rings. The molecular weight excluding hydrogens is 202 g/mol. The second-order valence-electron chi connectivity index (χ2n) is 3.36. The number of hydrogen-bond donors (Lipinski definition) is 1. The van der Waals surface area contributed by atoms with Gasteiger partial charge in [0.15, 0.2) is 9.84 Å². The van der Waals surface area contributed by atoms with E-state index in [0.717, 1.165) is 0 Å². The maximum absolute atomic E-state index is 11.4. The van der Waals surface area contributed by atoms with Crippen molar-refractivity contribution >= 4 is 9.84 Å². The fraction of sp³-hybridized carbons (Fsp3) is 0.625. The molecule has 0 aliphatic heterocycles. The molecule has 0 spiro atoms. The van der Waals surface area contributed by atoms with Gasteiger partial charge < -0.3 is 5.73 Å². The van der Waals surface area contributed by atoms with Crippen LogP contribution in [0.15, 0.2) is 18.5 Å². The Morgan fingerprint density at radius 2 is 2.29 bits per heavy atom. The predicted octanol–water partition coefficient (Wildman–Crippen LogP) is -0.355. The van der Waals surface area contributed by atoms with Gasteiger partial charge in [0.05, 0.1) is 18.1 Å². The van der Waals surface area contributed by atoms with Crippen LogP contribution in [0.1, 0.15) is 6.92 Å². The first-order valence-electron chi connectivity index (χ1n) is 4.43. The summed E-state index contributed by atoms with van der Waals surface area (Å²) in [5.41, 5.74) is 5.43. The summed E-state index contributed by atoms with van der Waals surface area (Å²) in [6.45, 7) is 2.08. The maximum Gasteiger partial charge on any atom is 0.153 e. The highest BCUT2D eigenvalue weighted by Gasteiger charge is 2.13. The average molecular weight is 217 g/mol. The van der Waals surface area contributed by atoms with Crippen molar-refractivity contribution in [3.05, 3.63) is 18.5 Å². The van der Waals surface area contributed by atoms with Crippen LogP contribution in [-0.2, 0) is 16.4 Å². The molecule has 1 rings (SSSR count). The Hall–Kier alpha value is -0.880. The summed E-state index contributed by atoms with van der Waals surface area (Å²) >= 11 is 0. The zero-order valence-electron chi connectivity index (χ0n) is 8.13. The standard InChI is InChI=1S/C8H15N3O2S/c1-8(9)7-14(12,13)6-5-11-4-2-3-10-11/h2-4,8H,5-7,9H2,1H3. The van der Waals surface area contributed by atoms with Gasteiger partial charge in [-0.3, -0.25) is 4.68 Å². The van der Waals surface area contributed by atoms with Crippen LogP contribution < -0.4 is 5.73 Å². The van der Waals surface area contributed by atoms with Crippen LogP contribution in [0.5, 0.6) is 0 Å². The lowest BCUT2D eigenvalue weighted by molar-refractivity contribution is 0.575. The zero-order valence-corrected chi connectivity index (χ0v) is 8.94. The molecular formula is C8H15N3O2S. The molecule has 1 heterocycles. The van der Waals surface area contributed by atoms with E-state index in [4.69, 9.17) is 5.73 Å². The average Bonchev–Trinajstić information content (AvgIpc) is 2.50. The first-order valence-corrected chi connectivity index (χ1v) is 6.25. The van der Waals surface area contributed by atoms with Crippen LogP contribution in [0, 0.1) is 0 Å². The molecule has 14 heavy (non-hydrogen) atoms. The number of hydrogen-bond acceptors (Lipinski definition) is 4. The smallest absolute Gasteiger partial charge is 0.153 e. The van der Waals surface area contributed by atoms with Crippen molar-refractivity contribution in [2.24, 2.45) is 5.73 Å². The summed E-state index contributed by atoms with van der Waals surface area (Å²) < 4.78 is 24.4. The Kier molecular flexibility index (Phi) is 3.65. The molecule has 1 aromatic rings. The molecule has 0 saturated heterocycles. The third-order valence-corrected chi connectivity index (χ3v) is 3.55. The van der Waals surface area contributed by atoms with Gasteiger partial charge in [0.25, 0.3) is 0 Å². The Balaban J connectivity index is 2.45. The number of aryl methyl sites for hydroxylation is 1. The molecule has 0 saturated carbocycles. The third-order valence-electron chi connectivity index (χ3n) is 1.71. The van der Waals surface area contributed by atoms with Crippen molar-refractivity contribution in [2.75, 3.05) is 11.5 Å². The van der Waals surface area contributed by atoms with Crippen LogP contribution >= 0.6 is 0 Å². The minimum Gasteiger partial charge on any atom is -0.327 e. The molecule has 1 unspecified atom stereocenters. The van der Waals surface area contributed by atoms with E-state index in [1.807, 2.05) is 0 Å². The highest BCUT2D eigenvalue weighted by Crippen LogP contribution is 1.95. The quantitative estimate of drug-likeness (QED) is 0.731. The number of nitrogens with zero attached hydrogens (tertiary/aromatic N) is 2. The van der Waals surface area contributed by atoms with Crippen LogP contribution in [-0.4, -0.2) is 35.7 Å². The Labute approximate surface area is 83.8 Å². The second kappa shape index (κ2) is 4.56. The number of aromatic nitrogens is 2. The van der Waals surface area contributed by atoms with Gasteiger partial charge in [-0.2, -0.15) is 5.10 Å². The minimum absolute atomic E-state index is 0.0360. The number of nitrogens with two attached hydrogens (primary N) is 1. The fourth-order valence-corrected chi connectivity index (χ4v) is 2.58. The van der Waals surface area contributed by atoms with Gasteiger partial charge in [0.1, 0.15) is 0 Å². The van der Waals surface area contributed by atoms with Crippen molar-refractivity contribution in [3.63, 3.8) is 0 Å². The van der Waals surface area contributed by atoms with Gasteiger partial charge in [-0.25, -0.2) is 8.42 Å². The molecule has 0 bridgehead atoms. The van der Waals surface area contributed by atoms with Crippen LogP contribution in [0.4, 0.5) is 0 Å². The summed E-state index contributed by atoms with van der Waals surface area (Å²) in [6.07, 6.45) is 3.36. The summed E-state index contributed by atoms with van der Waals surface area (Å²) in [5, 5.41) is 3.92. The lowest BCUT2D eigenvalue weighted by Gasteiger charge is -2.06. The monoisotopic (exact) mass is 217 g/mol. The topological polar surface area (TPSA) is 78.0 Å². The Bertz CT molecular complexity index is 356. The van der Waals surface area contributed by atoms with Crippen molar-refractivity contribution in [3.8, 4) is 0 Å². The molecule has 0 aromatic carbocycles. The van der Waals surface area contributed by atoms with Crippen LogP contribution in [0.3, 0.4) is 0 Å². The third kappa shape index (κ3) is 3.89. The molecule has 1 aromatic heterocycles. The number of rotatable bonds is 5. The van der Waals surface area contributed by atoms with Gasteiger partial charge in [-0.15, -0.1) is 0 Å². The van der Waals surface area contributed by atoms with E-state index >= 15 is 0 Å². The summed E-state index contributed by atoms with van der Waals surface area (Å²) in [6, 6.07) is 1.45. The lowest BCUT2D eigenvalue weighted by Crippen LogP contribution is -2.28. The Morgan fingerprint density at radius 1 is 1.57 bits per heavy atom. The van der Waals surface area contributed by atoms with Crippen molar-refractivity contribution in [2.45, 2.75) is 19.5 Å². The lowest BCUT2D eigenvalue weighted by atomic mass is 10.4. The van der Waals surface area contributed by atoms with Crippen molar-refractivity contribution in [1.29, 1.82) is 0 Å². The number of sulfone groups is 1. The largest absolute Gasteiger partial charge is 0.327 e. The first kappa shape index (κ1) is 11.2. The van der Waals surface area contributed by atoms with Crippen molar-refractivity contribution < 1.29 is 8.42 Å². The van der Waals surface area contributed by atoms with E-state index in [1.54, 1.807) is 30.1 Å². The molecule has 80 valence electrons. The SMILES string of the molecule is CC(N)CS(=O)(=O)CCn1cccn1. The highest BCUT2D eigenvalue weighted by atomic mass is 32.2. The minimum atomic E-state index is -3.04. The van der Waals surface area contributed by atoms with Gasteiger partial charge in [0.2, 0.25) is 0 Å². The molecule has 5 nitrogen and oxygen atoms in total. The Morgan fingerprint density at radius 3 is 2.79 bits per heavy atom. The zero-order chi connectivity index (χ0) is 10.6. The molecule has 0 aliphatic carbocycles. The summed E-state index contributed by atoms with van der Waals surface area (Å²) in [4.78, 5) is 0. The summed E-state index contributed by atoms with van der Waals surface area (Å²) in [5.74, 6) is 0.129. The highest BCUT2D eigenvalue weighted by molar-refractivity contribution is 7.91. The van der Waals surface area contributed by atoms with E-state index in [0.29, 0.717) is 6.54 Å². The van der Waals surface area contributed by atoms with Crippen molar-refractivity contribution in [1.82, 2.24) is 9.78 Å². The van der Waals surface area contributed by atoms with Gasteiger partial charge in [-0.05, 0) is 13.0 Å². The van der Waals surface area contributed by atoms with Gasteiger partial charge in [-0.1, -0.05) is 0 Å². The van der Waals surface area contributed by atoms with E-state index in [2.05, 4.69) is 5.10 Å². The molecule has 6 heteroatoms. The summed E-state index contributed by atoms with van der Waals surface area (Å²) in [7, 11) is -3.04. The molecule has 1 atom stereocenters. The molecule has 0 radical (unpaired) electrons. The molecule has 0 amide bonds. The fourth-order valence-electron chi connectivity index (χ4n) is 1.15. The first-order chi connectivity index (χ1) is 6.49. The van der Waals surface area contributed by atoms with Gasteiger partial charge >= 0.3 is 0 Å². The molecule has 0 fully saturated rings. The van der Waals surface area contributed by atoms with E-state index in [-0.39, 0.29) is 17.5 Å². The molecule has 2 N–H and O–H groups in total. The van der Waals surface area contributed by atoms with Crippen LogP contribution in [0.2, 0.25) is 0 Å². The van der Waals surface area contributed by atoms with E-state index in [9.17, 15) is 8.42 Å². The van der Waals surface area contributed by atoms with E-state index in [1.165, 1.54) is 0 Å². The second-order valence-corrected chi connectivity index (χ2v) is 5.59. The maximum atomic E-state index is 11.4. The van der Waals surface area contributed by atoms with E-state index < -0.39 is 9.84 Å². The van der Waals surface area contributed by atoms with Crippen LogP contribution in [0.25, 0.3) is 0 Å².